The van der Waals surface area contributed by atoms with Crippen LogP contribution in [0, 0.1) is 5.92 Å². The van der Waals surface area contributed by atoms with Gasteiger partial charge in [0.05, 0.1) is 10.8 Å². The van der Waals surface area contributed by atoms with Crippen molar-refractivity contribution >= 4 is 31.9 Å². The first kappa shape index (κ1) is 16.5. The summed E-state index contributed by atoms with van der Waals surface area (Å²) in [6.45, 7) is 3.14. The van der Waals surface area contributed by atoms with Crippen LogP contribution in [-0.4, -0.2) is 38.3 Å². The summed E-state index contributed by atoms with van der Waals surface area (Å²) in [6, 6.07) is 6.57. The van der Waals surface area contributed by atoms with Gasteiger partial charge in [-0.1, -0.05) is 15.9 Å². The first-order chi connectivity index (χ1) is 9.95. The van der Waals surface area contributed by atoms with Crippen LogP contribution in [0.1, 0.15) is 19.8 Å². The van der Waals surface area contributed by atoms with E-state index < -0.39 is 10.0 Å². The van der Waals surface area contributed by atoms with E-state index in [1.54, 1.807) is 24.3 Å². The second-order valence-corrected chi connectivity index (χ2v) is 7.90. The highest BCUT2D eigenvalue weighted by atomic mass is 79.9. The van der Waals surface area contributed by atoms with E-state index in [-0.39, 0.29) is 23.3 Å². The molecule has 0 saturated carbocycles. The van der Waals surface area contributed by atoms with Gasteiger partial charge in [0.25, 0.3) is 0 Å². The highest BCUT2D eigenvalue weighted by molar-refractivity contribution is 9.10. The lowest BCUT2D eigenvalue weighted by Crippen LogP contribution is -2.45. The van der Waals surface area contributed by atoms with Gasteiger partial charge in [-0.15, -0.1) is 0 Å². The molecule has 1 saturated heterocycles. The molecule has 1 amide bonds. The Morgan fingerprint density at radius 1 is 1.38 bits per heavy atom. The summed E-state index contributed by atoms with van der Waals surface area (Å²) >= 11 is 3.29. The molecule has 1 aromatic rings. The first-order valence-corrected chi connectivity index (χ1v) is 9.22. The number of halogens is 1. The first-order valence-electron chi connectivity index (χ1n) is 6.98. The van der Waals surface area contributed by atoms with Crippen molar-refractivity contribution < 1.29 is 13.2 Å². The number of hydrogen-bond donors (Lipinski definition) is 1. The lowest BCUT2D eigenvalue weighted by molar-refractivity contribution is -0.125. The molecule has 116 valence electrons. The molecular formula is C14H19BrN2O3S. The molecule has 1 aliphatic rings. The van der Waals surface area contributed by atoms with Crippen molar-refractivity contribution in [2.75, 3.05) is 19.6 Å². The number of benzene rings is 1. The molecule has 5 nitrogen and oxygen atoms in total. The van der Waals surface area contributed by atoms with E-state index in [0.29, 0.717) is 19.5 Å². The van der Waals surface area contributed by atoms with Crippen molar-refractivity contribution in [2.24, 2.45) is 5.92 Å². The third kappa shape index (κ3) is 3.84. The Balaban J connectivity index is 2.16. The second kappa shape index (κ2) is 6.89. The molecule has 1 N–H and O–H groups in total. The zero-order chi connectivity index (χ0) is 15.5. The fourth-order valence-electron chi connectivity index (χ4n) is 2.45. The van der Waals surface area contributed by atoms with Gasteiger partial charge in [0.2, 0.25) is 15.9 Å². The number of hydrogen-bond acceptors (Lipinski definition) is 3. The summed E-state index contributed by atoms with van der Waals surface area (Å²) in [4.78, 5) is 12.2. The van der Waals surface area contributed by atoms with Gasteiger partial charge >= 0.3 is 0 Å². The van der Waals surface area contributed by atoms with Crippen LogP contribution in [-0.2, 0) is 14.8 Å². The van der Waals surface area contributed by atoms with Gasteiger partial charge in [0, 0.05) is 24.1 Å². The Morgan fingerprint density at radius 3 is 2.67 bits per heavy atom. The molecule has 0 radical (unpaired) electrons. The molecule has 1 fully saturated rings. The van der Waals surface area contributed by atoms with Crippen LogP contribution in [0.25, 0.3) is 0 Å². The van der Waals surface area contributed by atoms with Crippen LogP contribution in [0.15, 0.2) is 33.6 Å². The van der Waals surface area contributed by atoms with Crippen LogP contribution >= 0.6 is 15.9 Å². The number of carbonyl (C=O) groups is 1. The molecule has 21 heavy (non-hydrogen) atoms. The maximum atomic E-state index is 12.6. The van der Waals surface area contributed by atoms with Crippen molar-refractivity contribution in [3.63, 3.8) is 0 Å². The van der Waals surface area contributed by atoms with Gasteiger partial charge < -0.3 is 5.32 Å². The fourth-order valence-corrected chi connectivity index (χ4v) is 4.24. The zero-order valence-corrected chi connectivity index (χ0v) is 14.3. The highest BCUT2D eigenvalue weighted by Crippen LogP contribution is 2.24. The number of carbonyl (C=O) groups excluding carboxylic acids is 1. The monoisotopic (exact) mass is 374 g/mol. The summed E-state index contributed by atoms with van der Waals surface area (Å²) in [5, 5.41) is 2.77. The van der Waals surface area contributed by atoms with E-state index >= 15 is 0 Å². The molecule has 2 rings (SSSR count). The van der Waals surface area contributed by atoms with Gasteiger partial charge in [0.15, 0.2) is 0 Å². The maximum Gasteiger partial charge on any atom is 0.243 e. The number of amides is 1. The third-order valence-electron chi connectivity index (χ3n) is 3.56. The summed E-state index contributed by atoms with van der Waals surface area (Å²) in [7, 11) is -3.53. The van der Waals surface area contributed by atoms with E-state index in [4.69, 9.17) is 0 Å². The molecule has 0 aromatic heterocycles. The van der Waals surface area contributed by atoms with E-state index in [1.165, 1.54) is 4.31 Å². The molecule has 0 bridgehead atoms. The Hall–Kier alpha value is -0.920. The highest BCUT2D eigenvalue weighted by Gasteiger charge is 2.32. The zero-order valence-electron chi connectivity index (χ0n) is 11.9. The van der Waals surface area contributed by atoms with Crippen LogP contribution in [0.5, 0.6) is 0 Å². The van der Waals surface area contributed by atoms with Crippen molar-refractivity contribution in [3.05, 3.63) is 28.7 Å². The molecular weight excluding hydrogens is 356 g/mol. The Kier molecular flexibility index (Phi) is 5.40. The lowest BCUT2D eigenvalue weighted by atomic mass is 9.99. The second-order valence-electron chi connectivity index (χ2n) is 5.05. The number of nitrogens with zero attached hydrogens (tertiary/aromatic N) is 1. The molecule has 1 unspecified atom stereocenters. The minimum Gasteiger partial charge on any atom is -0.356 e. The van der Waals surface area contributed by atoms with Gasteiger partial charge in [-0.3, -0.25) is 4.79 Å². The van der Waals surface area contributed by atoms with Crippen molar-refractivity contribution in [2.45, 2.75) is 24.7 Å². The van der Waals surface area contributed by atoms with E-state index in [2.05, 4.69) is 21.2 Å². The molecule has 1 atom stereocenters. The van der Waals surface area contributed by atoms with Crippen molar-refractivity contribution in [1.82, 2.24) is 9.62 Å². The fraction of sp³-hybridized carbons (Fsp3) is 0.500. The number of piperidine rings is 1. The Bertz CT molecular complexity index is 601. The van der Waals surface area contributed by atoms with E-state index in [1.807, 2.05) is 6.92 Å². The topological polar surface area (TPSA) is 66.5 Å². The van der Waals surface area contributed by atoms with Crippen molar-refractivity contribution in [3.8, 4) is 0 Å². The molecule has 1 aliphatic heterocycles. The molecule has 1 aromatic carbocycles. The molecule has 0 spiro atoms. The normalized spacial score (nSPS) is 20.2. The predicted molar refractivity (Wildman–Crippen MR) is 84.3 cm³/mol. The number of nitrogens with one attached hydrogen (secondary N) is 1. The van der Waals surface area contributed by atoms with Crippen LogP contribution in [0.4, 0.5) is 0 Å². The van der Waals surface area contributed by atoms with Crippen molar-refractivity contribution in [1.29, 1.82) is 0 Å². The number of sulfonamides is 1. The SMILES string of the molecule is CCNC(=O)C1CCCN(S(=O)(=O)c2ccc(Br)cc2)C1. The van der Waals surface area contributed by atoms with E-state index in [0.717, 1.165) is 10.9 Å². The Labute approximate surface area is 133 Å². The third-order valence-corrected chi connectivity index (χ3v) is 5.97. The quantitative estimate of drug-likeness (QED) is 0.875. The number of rotatable bonds is 4. The average molecular weight is 375 g/mol. The minimum atomic E-state index is -3.53. The summed E-state index contributed by atoms with van der Waals surface area (Å²) in [5.41, 5.74) is 0. The summed E-state index contributed by atoms with van der Waals surface area (Å²) in [6.07, 6.45) is 1.44. The van der Waals surface area contributed by atoms with Gasteiger partial charge in [-0.25, -0.2) is 8.42 Å². The van der Waals surface area contributed by atoms with E-state index in [9.17, 15) is 13.2 Å². The predicted octanol–water partition coefficient (Wildman–Crippen LogP) is 1.99. The molecule has 1 heterocycles. The van der Waals surface area contributed by atoms with Gasteiger partial charge in [-0.2, -0.15) is 4.31 Å². The van der Waals surface area contributed by atoms with Gasteiger partial charge in [0.1, 0.15) is 0 Å². The van der Waals surface area contributed by atoms with Crippen LogP contribution in [0.2, 0.25) is 0 Å². The lowest BCUT2D eigenvalue weighted by Gasteiger charge is -2.31. The standard InChI is InChI=1S/C14H19BrN2O3S/c1-2-16-14(18)11-4-3-9-17(10-11)21(19,20)13-7-5-12(15)6-8-13/h5-8,11H,2-4,9-10H2,1H3,(H,16,18). The summed E-state index contributed by atoms with van der Waals surface area (Å²) in [5.74, 6) is -0.322. The van der Waals surface area contributed by atoms with Crippen LogP contribution < -0.4 is 5.32 Å². The smallest absolute Gasteiger partial charge is 0.243 e. The average Bonchev–Trinajstić information content (AvgIpc) is 2.48. The van der Waals surface area contributed by atoms with Gasteiger partial charge in [-0.05, 0) is 44.0 Å². The molecule has 0 aliphatic carbocycles. The largest absolute Gasteiger partial charge is 0.356 e. The molecule has 7 heteroatoms. The maximum absolute atomic E-state index is 12.6. The van der Waals surface area contributed by atoms with Crippen LogP contribution in [0.3, 0.4) is 0 Å². The Morgan fingerprint density at radius 2 is 2.05 bits per heavy atom. The minimum absolute atomic E-state index is 0.0618. The summed E-state index contributed by atoms with van der Waals surface area (Å²) < 4.78 is 27.5.